The van der Waals surface area contributed by atoms with E-state index in [0.717, 1.165) is 27.2 Å². The number of aromatic nitrogens is 1. The van der Waals surface area contributed by atoms with E-state index in [2.05, 4.69) is 28.8 Å². The topological polar surface area (TPSA) is 65.7 Å². The van der Waals surface area contributed by atoms with E-state index in [1.165, 1.54) is 0 Å². The second kappa shape index (κ2) is 5.98. The summed E-state index contributed by atoms with van der Waals surface area (Å²) in [5, 5.41) is 23.8. The normalized spacial score (nSPS) is 11.3. The van der Waals surface area contributed by atoms with Gasteiger partial charge in [-0.2, -0.15) is 10.5 Å². The van der Waals surface area contributed by atoms with Crippen LogP contribution in [-0.4, -0.2) is 4.57 Å². The molecule has 0 amide bonds. The Kier molecular flexibility index (Phi) is 3.27. The summed E-state index contributed by atoms with van der Waals surface area (Å²) in [6.07, 6.45) is 0. The molecule has 6 aromatic rings. The van der Waals surface area contributed by atoms with E-state index in [9.17, 15) is 10.5 Å². The Labute approximate surface area is 171 Å². The minimum absolute atomic E-state index is 0.423. The molecular formula is C26H13N3O. The molecule has 0 saturated heterocycles. The van der Waals surface area contributed by atoms with E-state index in [1.54, 1.807) is 0 Å². The molecule has 0 N–H and O–H groups in total. The van der Waals surface area contributed by atoms with Gasteiger partial charge in [-0.15, -0.1) is 0 Å². The summed E-state index contributed by atoms with van der Waals surface area (Å²) in [6.45, 7) is 0. The van der Waals surface area contributed by atoms with E-state index in [1.807, 2.05) is 66.7 Å². The van der Waals surface area contributed by atoms with E-state index >= 15 is 0 Å². The van der Waals surface area contributed by atoms with Crippen LogP contribution in [0.4, 0.5) is 0 Å². The zero-order chi connectivity index (χ0) is 20.2. The van der Waals surface area contributed by atoms with Gasteiger partial charge in [-0.05, 0) is 24.3 Å². The lowest BCUT2D eigenvalue weighted by Gasteiger charge is -2.11. The number of rotatable bonds is 1. The van der Waals surface area contributed by atoms with Crippen LogP contribution in [0.15, 0.2) is 83.3 Å². The maximum atomic E-state index is 10.1. The molecule has 0 aliphatic heterocycles. The predicted molar refractivity (Wildman–Crippen MR) is 117 cm³/mol. The minimum Gasteiger partial charge on any atom is -0.455 e. The largest absolute Gasteiger partial charge is 0.455 e. The Bertz CT molecular complexity index is 1670. The van der Waals surface area contributed by atoms with Crippen molar-refractivity contribution in [2.24, 2.45) is 0 Å². The average Bonchev–Trinajstić information content (AvgIpc) is 3.34. The van der Waals surface area contributed by atoms with Crippen molar-refractivity contribution in [3.63, 3.8) is 0 Å². The molecule has 0 bridgehead atoms. The highest BCUT2D eigenvalue weighted by Gasteiger charge is 2.22. The Morgan fingerprint density at radius 3 is 1.93 bits per heavy atom. The standard InChI is InChI=1S/C26H13N3O/c27-14-16-13-23(20(15-28)26-25(16)19-9-3-6-12-24(19)30-26)29-21-10-4-1-7-17(21)18-8-2-5-11-22(18)29/h1-13H. The van der Waals surface area contributed by atoms with Crippen LogP contribution in [0.3, 0.4) is 0 Å². The molecule has 0 atom stereocenters. The lowest BCUT2D eigenvalue weighted by molar-refractivity contribution is 0.667. The first kappa shape index (κ1) is 16.4. The molecule has 4 nitrogen and oxygen atoms in total. The van der Waals surface area contributed by atoms with Crippen molar-refractivity contribution in [2.45, 2.75) is 0 Å². The summed E-state index contributed by atoms with van der Waals surface area (Å²) in [5.41, 5.74) is 4.65. The molecule has 0 unspecified atom stereocenters. The molecule has 4 heteroatoms. The average molecular weight is 383 g/mol. The quantitative estimate of drug-likeness (QED) is 0.329. The Morgan fingerprint density at radius 2 is 1.30 bits per heavy atom. The number of nitriles is 2. The van der Waals surface area contributed by atoms with Gasteiger partial charge in [0.25, 0.3) is 0 Å². The number of para-hydroxylation sites is 3. The fourth-order valence-corrected chi connectivity index (χ4v) is 4.44. The maximum absolute atomic E-state index is 10.1. The first-order valence-corrected chi connectivity index (χ1v) is 9.59. The van der Waals surface area contributed by atoms with Crippen LogP contribution in [0, 0.1) is 22.7 Å². The van der Waals surface area contributed by atoms with Gasteiger partial charge >= 0.3 is 0 Å². The van der Waals surface area contributed by atoms with Gasteiger partial charge in [0.05, 0.1) is 28.4 Å². The summed E-state index contributed by atoms with van der Waals surface area (Å²) in [6, 6.07) is 30.2. The first-order chi connectivity index (χ1) is 14.8. The zero-order valence-corrected chi connectivity index (χ0v) is 15.8. The van der Waals surface area contributed by atoms with E-state index in [4.69, 9.17) is 4.42 Å². The molecule has 0 aliphatic carbocycles. The fourth-order valence-electron chi connectivity index (χ4n) is 4.44. The zero-order valence-electron chi connectivity index (χ0n) is 15.8. The molecule has 2 aromatic heterocycles. The number of hydrogen-bond acceptors (Lipinski definition) is 3. The Balaban J connectivity index is 1.86. The van der Waals surface area contributed by atoms with Crippen molar-refractivity contribution in [3.05, 3.63) is 90.0 Å². The van der Waals surface area contributed by atoms with Crippen molar-refractivity contribution >= 4 is 43.7 Å². The van der Waals surface area contributed by atoms with Gasteiger partial charge in [0, 0.05) is 21.5 Å². The van der Waals surface area contributed by atoms with Gasteiger partial charge in [0.15, 0.2) is 5.58 Å². The molecule has 0 saturated carbocycles. The SMILES string of the molecule is N#Cc1c(-n2c3ccccc3c3ccccc32)cc(C#N)c2c1oc1ccccc12. The van der Waals surface area contributed by atoms with Gasteiger partial charge in [-0.1, -0.05) is 54.6 Å². The van der Waals surface area contributed by atoms with Gasteiger partial charge in [-0.3, -0.25) is 0 Å². The van der Waals surface area contributed by atoms with Crippen LogP contribution in [-0.2, 0) is 0 Å². The molecule has 0 radical (unpaired) electrons. The summed E-state index contributed by atoms with van der Waals surface area (Å²) in [7, 11) is 0. The van der Waals surface area contributed by atoms with E-state index in [0.29, 0.717) is 33.4 Å². The molecule has 0 fully saturated rings. The maximum Gasteiger partial charge on any atom is 0.156 e. The number of benzene rings is 4. The Hall–Kier alpha value is -4.54. The summed E-state index contributed by atoms with van der Waals surface area (Å²) < 4.78 is 8.15. The third-order valence-electron chi connectivity index (χ3n) is 5.68. The van der Waals surface area contributed by atoms with Crippen molar-refractivity contribution in [1.29, 1.82) is 10.5 Å². The number of nitrogens with zero attached hydrogens (tertiary/aromatic N) is 3. The predicted octanol–water partition coefficient (Wildman–Crippen LogP) is 6.43. The van der Waals surface area contributed by atoms with Crippen LogP contribution < -0.4 is 0 Å². The molecule has 2 heterocycles. The molecule has 6 rings (SSSR count). The molecule has 0 aliphatic rings. The van der Waals surface area contributed by atoms with Crippen LogP contribution in [0.5, 0.6) is 0 Å². The van der Waals surface area contributed by atoms with Gasteiger partial charge in [0.1, 0.15) is 17.2 Å². The number of furan rings is 1. The highest BCUT2D eigenvalue weighted by molar-refractivity contribution is 6.12. The highest BCUT2D eigenvalue weighted by Crippen LogP contribution is 2.39. The van der Waals surface area contributed by atoms with E-state index < -0.39 is 0 Å². The second-order valence-corrected chi connectivity index (χ2v) is 7.21. The molecule has 138 valence electrons. The second-order valence-electron chi connectivity index (χ2n) is 7.21. The molecule has 0 spiro atoms. The lowest BCUT2D eigenvalue weighted by atomic mass is 10.0. The summed E-state index contributed by atoms with van der Waals surface area (Å²) in [5.74, 6) is 0. The van der Waals surface area contributed by atoms with Gasteiger partial charge in [0.2, 0.25) is 0 Å². The molecular weight excluding hydrogens is 370 g/mol. The lowest BCUT2D eigenvalue weighted by Crippen LogP contribution is -1.99. The van der Waals surface area contributed by atoms with Gasteiger partial charge in [-0.25, -0.2) is 0 Å². The van der Waals surface area contributed by atoms with Crippen LogP contribution in [0.1, 0.15) is 11.1 Å². The Morgan fingerprint density at radius 1 is 0.700 bits per heavy atom. The van der Waals surface area contributed by atoms with Crippen molar-refractivity contribution in [1.82, 2.24) is 4.57 Å². The fraction of sp³-hybridized carbons (Fsp3) is 0. The smallest absolute Gasteiger partial charge is 0.156 e. The first-order valence-electron chi connectivity index (χ1n) is 9.59. The summed E-state index contributed by atoms with van der Waals surface area (Å²) in [4.78, 5) is 0. The minimum atomic E-state index is 0.423. The highest BCUT2D eigenvalue weighted by atomic mass is 16.3. The van der Waals surface area contributed by atoms with Crippen LogP contribution in [0.2, 0.25) is 0 Å². The number of fused-ring (bicyclic) bond motifs is 6. The number of hydrogen-bond donors (Lipinski definition) is 0. The van der Waals surface area contributed by atoms with Crippen molar-refractivity contribution < 1.29 is 4.42 Å². The van der Waals surface area contributed by atoms with Gasteiger partial charge < -0.3 is 8.98 Å². The summed E-state index contributed by atoms with van der Waals surface area (Å²) >= 11 is 0. The third-order valence-corrected chi connectivity index (χ3v) is 5.68. The van der Waals surface area contributed by atoms with Crippen LogP contribution in [0.25, 0.3) is 49.4 Å². The van der Waals surface area contributed by atoms with Crippen molar-refractivity contribution in [3.8, 4) is 17.8 Å². The monoisotopic (exact) mass is 383 g/mol. The molecule has 4 aromatic carbocycles. The third kappa shape index (κ3) is 2.02. The van der Waals surface area contributed by atoms with Crippen LogP contribution >= 0.6 is 0 Å². The van der Waals surface area contributed by atoms with Crippen molar-refractivity contribution in [2.75, 3.05) is 0 Å². The molecule has 30 heavy (non-hydrogen) atoms. The van der Waals surface area contributed by atoms with E-state index in [-0.39, 0.29) is 0 Å².